The third kappa shape index (κ3) is 66.1. The molecule has 23 heteroatoms. The van der Waals surface area contributed by atoms with Gasteiger partial charge in [0.2, 0.25) is 0 Å². The van der Waals surface area contributed by atoms with Crippen LogP contribution in [0.1, 0.15) is 0 Å². The molecular formula is C10H20Cl3N2Na4O13P. The standard InChI is InChI=1S/C10H16N2O8.3ClH.4Na.H3O4P.H2O/c13-7(14)3-11(4-8(15)16)1-2-12(5-9(17)18)6-10(19)20;;;;;;;;1-5(2,3)4;/h1-6H2,(H,13,14)(H,15,16)(H,17,18)(H,19,20);3*1H;;;;;(H3,1,2,3,4);1H2/q;;;;4*+1;;/p-4. The molecule has 0 aromatic heterocycles. The first-order chi connectivity index (χ1) is 11.2. The fourth-order valence-corrected chi connectivity index (χ4v) is 1.48. The Hall–Kier alpha value is 2.74. The van der Waals surface area contributed by atoms with Crippen LogP contribution in [0.25, 0.3) is 0 Å². The molecule has 0 aromatic carbocycles. The second-order valence-corrected chi connectivity index (χ2v) is 5.47. The number of hydrogen-bond donors (Lipinski definition) is 6. The van der Waals surface area contributed by atoms with E-state index in [9.17, 15) is 19.2 Å². The number of hydrogen-bond acceptors (Lipinski definition) is 8. The van der Waals surface area contributed by atoms with Gasteiger partial charge in [0.05, 0.1) is 26.2 Å². The van der Waals surface area contributed by atoms with Crippen molar-refractivity contribution >= 4 is 31.7 Å². The van der Waals surface area contributed by atoms with E-state index in [4.69, 9.17) is 39.7 Å². The average molecular weight is 606 g/mol. The largest absolute Gasteiger partial charge is 1.00 e. The quantitative estimate of drug-likeness (QED) is 0.0943. The zero-order valence-corrected chi connectivity index (χ0v) is 29.5. The Morgan fingerprint density at radius 1 is 0.606 bits per heavy atom. The van der Waals surface area contributed by atoms with E-state index in [0.29, 0.717) is 0 Å². The monoisotopic (exact) mass is 604 g/mol. The summed E-state index contributed by atoms with van der Waals surface area (Å²) in [5.41, 5.74) is 0. The van der Waals surface area contributed by atoms with E-state index in [2.05, 4.69) is 0 Å². The maximum atomic E-state index is 10.6. The number of carbonyl (C=O) groups is 4. The fourth-order valence-electron chi connectivity index (χ4n) is 1.48. The van der Waals surface area contributed by atoms with Crippen LogP contribution in [0.4, 0.5) is 0 Å². The van der Waals surface area contributed by atoms with Crippen molar-refractivity contribution in [3.63, 3.8) is 0 Å². The minimum absolute atomic E-state index is 0. The predicted octanol–water partition coefficient (Wildman–Crippen LogP) is -25.4. The Balaban J connectivity index is -0.0000000461. The van der Waals surface area contributed by atoms with E-state index in [1.165, 1.54) is 0 Å². The molecule has 15 nitrogen and oxygen atoms in total. The van der Waals surface area contributed by atoms with Crippen molar-refractivity contribution in [1.82, 2.24) is 9.80 Å². The molecule has 0 saturated heterocycles. The molecular weight excluding hydrogens is 585 g/mol. The normalized spacial score (nSPS) is 8.27. The second kappa shape index (κ2) is 36.9. The first-order valence-electron chi connectivity index (χ1n) is 6.29. The topological polar surface area (TPSA) is 268 Å². The van der Waals surface area contributed by atoms with Gasteiger partial charge in [0, 0.05) is 13.1 Å². The average Bonchev–Trinajstić information content (AvgIpc) is 2.30. The molecule has 33 heavy (non-hydrogen) atoms. The van der Waals surface area contributed by atoms with Gasteiger partial charge in [0.15, 0.2) is 0 Å². The minimum Gasteiger partial charge on any atom is -1.00 e. The van der Waals surface area contributed by atoms with Crippen LogP contribution in [0.2, 0.25) is 0 Å². The number of rotatable bonds is 11. The molecule has 0 heterocycles. The second-order valence-electron chi connectivity index (χ2n) is 4.49. The summed E-state index contributed by atoms with van der Waals surface area (Å²) in [4.78, 5) is 67.3. The first-order valence-corrected chi connectivity index (χ1v) is 7.82. The molecule has 0 aliphatic rings. The molecule has 0 rings (SSSR count). The summed E-state index contributed by atoms with van der Waals surface area (Å²) >= 11 is 0. The number of nitrogens with zero attached hydrogens (tertiary/aromatic N) is 2. The SMILES string of the molecule is O.O=C(O)CN(CCN(CC(=O)O)CC(=O)O)CC(=O)O.O=P([O-])(O)O.[Cl-].[Cl-].[Cl-].[Na+].[Na+].[Na+].[Na+]. The van der Waals surface area contributed by atoms with Gasteiger partial charge in [-0.2, -0.15) is 0 Å². The molecule has 0 spiro atoms. The molecule has 0 saturated carbocycles. The fraction of sp³-hybridized carbons (Fsp3) is 0.600. The summed E-state index contributed by atoms with van der Waals surface area (Å²) in [5.74, 6) is -4.91. The number of phosphoric acid groups is 1. The summed E-state index contributed by atoms with van der Waals surface area (Å²) in [5, 5.41) is 34.5. The Morgan fingerprint density at radius 3 is 0.818 bits per heavy atom. The van der Waals surface area contributed by atoms with Crippen LogP contribution in [0, 0.1) is 0 Å². The molecule has 0 aromatic rings. The zero-order chi connectivity index (χ0) is 20.2. The van der Waals surface area contributed by atoms with Gasteiger partial charge in [-0.25, -0.2) is 0 Å². The molecule has 0 atom stereocenters. The summed E-state index contributed by atoms with van der Waals surface area (Å²) in [6.07, 6.45) is 0. The van der Waals surface area contributed by atoms with Crippen molar-refractivity contribution in [2.45, 2.75) is 0 Å². The first kappa shape index (κ1) is 65.1. The molecule has 0 unspecified atom stereocenters. The Morgan fingerprint density at radius 2 is 0.727 bits per heavy atom. The Labute approximate surface area is 296 Å². The summed E-state index contributed by atoms with van der Waals surface area (Å²) in [6.45, 7) is -2.25. The maximum absolute atomic E-state index is 10.6. The van der Waals surface area contributed by atoms with Gasteiger partial charge in [0.1, 0.15) is 0 Å². The van der Waals surface area contributed by atoms with Crippen LogP contribution in [-0.2, 0) is 23.7 Å². The number of carboxylic acid groups (broad SMARTS) is 4. The summed E-state index contributed by atoms with van der Waals surface area (Å²) in [7, 11) is -4.89. The van der Waals surface area contributed by atoms with Crippen molar-refractivity contribution < 1.29 is 220 Å². The third-order valence-corrected chi connectivity index (χ3v) is 2.17. The summed E-state index contributed by atoms with van der Waals surface area (Å²) < 4.78 is 8.77. The Kier molecular flexibility index (Phi) is 72.8. The number of aliphatic carboxylic acids is 4. The smallest absolute Gasteiger partial charge is 1.00 e. The third-order valence-electron chi connectivity index (χ3n) is 2.17. The molecule has 0 aliphatic heterocycles. The van der Waals surface area contributed by atoms with Crippen LogP contribution >= 0.6 is 7.82 Å². The van der Waals surface area contributed by atoms with Gasteiger partial charge in [-0.3, -0.25) is 33.5 Å². The Bertz CT molecular complexity index is 474. The van der Waals surface area contributed by atoms with Crippen LogP contribution in [0.3, 0.4) is 0 Å². The van der Waals surface area contributed by atoms with E-state index < -0.39 is 57.9 Å². The number of carboxylic acids is 4. The van der Waals surface area contributed by atoms with Crippen LogP contribution in [0.15, 0.2) is 0 Å². The molecule has 0 radical (unpaired) electrons. The van der Waals surface area contributed by atoms with Crippen molar-refractivity contribution in [2.75, 3.05) is 39.3 Å². The van der Waals surface area contributed by atoms with E-state index in [-0.39, 0.29) is 174 Å². The van der Waals surface area contributed by atoms with Crippen LogP contribution in [-0.4, -0.2) is 109 Å². The van der Waals surface area contributed by atoms with Crippen LogP contribution in [0.5, 0.6) is 0 Å². The molecule has 0 amide bonds. The van der Waals surface area contributed by atoms with Gasteiger partial charge < -0.3 is 77.8 Å². The van der Waals surface area contributed by atoms with Gasteiger partial charge in [-0.15, -0.1) is 0 Å². The summed E-state index contributed by atoms with van der Waals surface area (Å²) in [6, 6.07) is 0. The minimum atomic E-state index is -4.89. The van der Waals surface area contributed by atoms with Gasteiger partial charge in [-0.05, 0) is 0 Å². The van der Waals surface area contributed by atoms with Crippen molar-refractivity contribution in [3.8, 4) is 0 Å². The van der Waals surface area contributed by atoms with E-state index in [1.807, 2.05) is 0 Å². The maximum Gasteiger partial charge on any atom is 1.00 e. The van der Waals surface area contributed by atoms with E-state index >= 15 is 0 Å². The predicted molar refractivity (Wildman–Crippen MR) is 79.1 cm³/mol. The van der Waals surface area contributed by atoms with Crippen molar-refractivity contribution in [2.24, 2.45) is 0 Å². The molecule has 0 bridgehead atoms. The van der Waals surface area contributed by atoms with Crippen molar-refractivity contribution in [3.05, 3.63) is 0 Å². The molecule has 0 fully saturated rings. The van der Waals surface area contributed by atoms with Crippen molar-refractivity contribution in [1.29, 1.82) is 0 Å². The number of halogens is 3. The van der Waals surface area contributed by atoms with Gasteiger partial charge in [-0.1, -0.05) is 0 Å². The van der Waals surface area contributed by atoms with Crippen LogP contribution < -0.4 is 160 Å². The molecule has 0 aliphatic carbocycles. The van der Waals surface area contributed by atoms with Gasteiger partial charge >= 0.3 is 142 Å². The molecule has 178 valence electrons. The van der Waals surface area contributed by atoms with E-state index in [1.54, 1.807) is 0 Å². The molecule has 8 N–H and O–H groups in total. The zero-order valence-electron chi connectivity index (χ0n) is 18.4. The van der Waals surface area contributed by atoms with Gasteiger partial charge in [0.25, 0.3) is 7.82 Å². The van der Waals surface area contributed by atoms with E-state index in [0.717, 1.165) is 9.80 Å².